The Balaban J connectivity index is 1.90. The lowest BCUT2D eigenvalue weighted by molar-refractivity contribution is 0.0152. The molecule has 0 aliphatic rings. The number of aromatic amines is 1. The lowest BCUT2D eigenvalue weighted by atomic mass is 10.4. The van der Waals surface area contributed by atoms with E-state index in [4.69, 9.17) is 4.74 Å². The Labute approximate surface area is 124 Å². The third-order valence-electron chi connectivity index (χ3n) is 2.32. The predicted octanol–water partition coefficient (Wildman–Crippen LogP) is 2.60. The molecule has 0 radical (unpaired) electrons. The molecule has 0 saturated carbocycles. The SMILES string of the molecule is CC(C)OCC(O)CSc1nc2ncc(Br)cc2[nH]1. The number of pyridine rings is 1. The number of aliphatic hydroxyl groups excluding tert-OH is 1. The fourth-order valence-electron chi connectivity index (χ4n) is 1.45. The van der Waals surface area contributed by atoms with E-state index in [1.807, 2.05) is 19.9 Å². The van der Waals surface area contributed by atoms with Gasteiger partial charge in [0.25, 0.3) is 0 Å². The van der Waals surface area contributed by atoms with Gasteiger partial charge in [0.05, 0.1) is 24.3 Å². The van der Waals surface area contributed by atoms with Crippen LogP contribution in [-0.2, 0) is 4.74 Å². The van der Waals surface area contributed by atoms with Crippen molar-refractivity contribution >= 4 is 38.9 Å². The highest BCUT2D eigenvalue weighted by Gasteiger charge is 2.10. The summed E-state index contributed by atoms with van der Waals surface area (Å²) in [6.45, 7) is 4.24. The van der Waals surface area contributed by atoms with Gasteiger partial charge < -0.3 is 14.8 Å². The molecule has 5 nitrogen and oxygen atoms in total. The molecule has 19 heavy (non-hydrogen) atoms. The van der Waals surface area contributed by atoms with Gasteiger partial charge in [-0.25, -0.2) is 9.97 Å². The molecule has 104 valence electrons. The van der Waals surface area contributed by atoms with Crippen LogP contribution in [0.15, 0.2) is 21.9 Å². The molecule has 1 unspecified atom stereocenters. The van der Waals surface area contributed by atoms with Gasteiger partial charge in [-0.05, 0) is 35.8 Å². The molecule has 2 heterocycles. The number of halogens is 1. The predicted molar refractivity (Wildman–Crippen MR) is 79.4 cm³/mol. The summed E-state index contributed by atoms with van der Waals surface area (Å²) < 4.78 is 6.26. The average molecular weight is 346 g/mol. The second-order valence-corrected chi connectivity index (χ2v) is 6.34. The van der Waals surface area contributed by atoms with Crippen molar-refractivity contribution in [2.45, 2.75) is 31.2 Å². The van der Waals surface area contributed by atoms with Crippen molar-refractivity contribution in [2.24, 2.45) is 0 Å². The number of H-pyrrole nitrogens is 1. The van der Waals surface area contributed by atoms with E-state index in [1.54, 1.807) is 6.20 Å². The molecule has 0 saturated heterocycles. The van der Waals surface area contributed by atoms with Gasteiger partial charge in [-0.2, -0.15) is 0 Å². The standard InChI is InChI=1S/C12H16BrN3O2S/c1-7(2)18-5-9(17)6-19-12-15-10-3-8(13)4-14-11(10)16-12/h3-4,7,9,17H,5-6H2,1-2H3,(H,14,15,16). The largest absolute Gasteiger partial charge is 0.390 e. The maximum absolute atomic E-state index is 9.77. The zero-order valence-electron chi connectivity index (χ0n) is 10.8. The number of ether oxygens (including phenoxy) is 1. The van der Waals surface area contributed by atoms with Crippen LogP contribution >= 0.6 is 27.7 Å². The number of aromatic nitrogens is 3. The first-order valence-corrected chi connectivity index (χ1v) is 7.76. The minimum atomic E-state index is -0.500. The Kier molecular flexibility index (Phi) is 5.20. The second-order valence-electron chi connectivity index (χ2n) is 4.41. The number of thioether (sulfide) groups is 1. The summed E-state index contributed by atoms with van der Waals surface area (Å²) in [6.07, 6.45) is 1.34. The van der Waals surface area contributed by atoms with Gasteiger partial charge in [0.15, 0.2) is 10.8 Å². The van der Waals surface area contributed by atoms with Crippen molar-refractivity contribution in [3.05, 3.63) is 16.7 Å². The number of imidazole rings is 1. The number of hydrogen-bond donors (Lipinski definition) is 2. The van der Waals surface area contributed by atoms with Crippen LogP contribution in [0.2, 0.25) is 0 Å². The highest BCUT2D eigenvalue weighted by molar-refractivity contribution is 9.10. The summed E-state index contributed by atoms with van der Waals surface area (Å²) in [5, 5.41) is 10.5. The van der Waals surface area contributed by atoms with E-state index in [9.17, 15) is 5.11 Å². The summed E-state index contributed by atoms with van der Waals surface area (Å²) in [5.74, 6) is 0.535. The molecule has 0 bridgehead atoms. The van der Waals surface area contributed by atoms with Crippen LogP contribution in [0.3, 0.4) is 0 Å². The molecule has 0 aromatic carbocycles. The van der Waals surface area contributed by atoms with E-state index < -0.39 is 6.10 Å². The van der Waals surface area contributed by atoms with Gasteiger partial charge in [-0.15, -0.1) is 0 Å². The van der Waals surface area contributed by atoms with E-state index >= 15 is 0 Å². The van der Waals surface area contributed by atoms with Crippen LogP contribution < -0.4 is 0 Å². The minimum absolute atomic E-state index is 0.132. The summed E-state index contributed by atoms with van der Waals surface area (Å²) in [7, 11) is 0. The zero-order valence-corrected chi connectivity index (χ0v) is 13.2. The first-order chi connectivity index (χ1) is 9.04. The molecule has 2 aromatic rings. The Morgan fingerprint density at radius 2 is 2.32 bits per heavy atom. The summed E-state index contributed by atoms with van der Waals surface area (Å²) in [6, 6.07) is 1.93. The number of fused-ring (bicyclic) bond motifs is 1. The van der Waals surface area contributed by atoms with Gasteiger partial charge in [-0.1, -0.05) is 11.8 Å². The normalized spacial score (nSPS) is 13.3. The van der Waals surface area contributed by atoms with Crippen molar-refractivity contribution in [2.75, 3.05) is 12.4 Å². The monoisotopic (exact) mass is 345 g/mol. The molecule has 0 fully saturated rings. The number of hydrogen-bond acceptors (Lipinski definition) is 5. The molecule has 7 heteroatoms. The van der Waals surface area contributed by atoms with Gasteiger partial charge in [0, 0.05) is 16.4 Å². The molecule has 2 N–H and O–H groups in total. The van der Waals surface area contributed by atoms with Gasteiger partial charge in [-0.3, -0.25) is 0 Å². The van der Waals surface area contributed by atoms with Gasteiger partial charge in [0.1, 0.15) is 0 Å². The third kappa shape index (κ3) is 4.45. The first kappa shape index (κ1) is 14.8. The average Bonchev–Trinajstić information content (AvgIpc) is 2.75. The maximum Gasteiger partial charge on any atom is 0.178 e. The fourth-order valence-corrected chi connectivity index (χ4v) is 2.56. The van der Waals surface area contributed by atoms with E-state index in [0.717, 1.165) is 15.1 Å². The van der Waals surface area contributed by atoms with Crippen molar-refractivity contribution in [1.29, 1.82) is 0 Å². The van der Waals surface area contributed by atoms with Crippen LogP contribution in [-0.4, -0.2) is 44.6 Å². The quantitative estimate of drug-likeness (QED) is 0.787. The smallest absolute Gasteiger partial charge is 0.178 e. The molecular formula is C12H16BrN3O2S. The molecule has 0 spiro atoms. The van der Waals surface area contributed by atoms with Crippen molar-refractivity contribution in [3.63, 3.8) is 0 Å². The Morgan fingerprint density at radius 3 is 3.05 bits per heavy atom. The molecular weight excluding hydrogens is 330 g/mol. The van der Waals surface area contributed by atoms with Crippen molar-refractivity contribution < 1.29 is 9.84 Å². The number of aliphatic hydroxyl groups is 1. The van der Waals surface area contributed by atoms with Crippen molar-refractivity contribution in [3.8, 4) is 0 Å². The first-order valence-electron chi connectivity index (χ1n) is 5.98. The molecule has 0 aliphatic heterocycles. The minimum Gasteiger partial charge on any atom is -0.390 e. The highest BCUT2D eigenvalue weighted by atomic mass is 79.9. The van der Waals surface area contributed by atoms with E-state index in [1.165, 1.54) is 11.8 Å². The third-order valence-corrected chi connectivity index (χ3v) is 3.77. The number of nitrogens with zero attached hydrogens (tertiary/aromatic N) is 2. The molecule has 2 aromatic heterocycles. The topological polar surface area (TPSA) is 71.0 Å². The maximum atomic E-state index is 9.77. The Hall–Kier alpha value is -0.630. The lowest BCUT2D eigenvalue weighted by Crippen LogP contribution is -2.20. The molecule has 0 amide bonds. The number of rotatable bonds is 6. The van der Waals surface area contributed by atoms with Crippen LogP contribution in [0.4, 0.5) is 0 Å². The van der Waals surface area contributed by atoms with Crippen LogP contribution in [0.5, 0.6) is 0 Å². The summed E-state index contributed by atoms with van der Waals surface area (Å²) >= 11 is 4.82. The lowest BCUT2D eigenvalue weighted by Gasteiger charge is -2.12. The van der Waals surface area contributed by atoms with Crippen LogP contribution in [0.25, 0.3) is 11.2 Å². The Bertz CT molecular complexity index is 547. The van der Waals surface area contributed by atoms with Gasteiger partial charge >= 0.3 is 0 Å². The zero-order chi connectivity index (χ0) is 13.8. The van der Waals surface area contributed by atoms with E-state index in [0.29, 0.717) is 18.0 Å². The molecule has 2 rings (SSSR count). The van der Waals surface area contributed by atoms with E-state index in [2.05, 4.69) is 30.9 Å². The second kappa shape index (κ2) is 6.69. The summed E-state index contributed by atoms with van der Waals surface area (Å²) in [4.78, 5) is 11.7. The highest BCUT2D eigenvalue weighted by Crippen LogP contribution is 2.21. The summed E-state index contributed by atoms with van der Waals surface area (Å²) in [5.41, 5.74) is 1.56. The molecule has 1 atom stereocenters. The van der Waals surface area contributed by atoms with Crippen LogP contribution in [0, 0.1) is 0 Å². The van der Waals surface area contributed by atoms with Crippen molar-refractivity contribution in [1.82, 2.24) is 15.0 Å². The fraction of sp³-hybridized carbons (Fsp3) is 0.500. The molecule has 0 aliphatic carbocycles. The van der Waals surface area contributed by atoms with Crippen LogP contribution in [0.1, 0.15) is 13.8 Å². The van der Waals surface area contributed by atoms with Gasteiger partial charge in [0.2, 0.25) is 0 Å². The van der Waals surface area contributed by atoms with E-state index in [-0.39, 0.29) is 6.10 Å². The Morgan fingerprint density at radius 1 is 1.53 bits per heavy atom. The number of nitrogens with one attached hydrogen (secondary N) is 1.